The summed E-state index contributed by atoms with van der Waals surface area (Å²) in [6, 6.07) is 12.0. The molecule has 1 aromatic carbocycles. The number of aryl methyl sites for hydroxylation is 1. The number of imidazole rings is 1. The van der Waals surface area contributed by atoms with Crippen molar-refractivity contribution in [2.45, 2.75) is 19.4 Å². The van der Waals surface area contributed by atoms with Crippen LogP contribution >= 0.6 is 0 Å². The molecule has 0 bridgehead atoms. The molecule has 7 nitrogen and oxygen atoms in total. The van der Waals surface area contributed by atoms with Crippen LogP contribution in [0.2, 0.25) is 0 Å². The van der Waals surface area contributed by atoms with Crippen LogP contribution in [0, 0.1) is 5.82 Å². The molecular weight excluding hydrogens is 409 g/mol. The first-order valence-electron chi connectivity index (χ1n) is 10.8. The summed E-state index contributed by atoms with van der Waals surface area (Å²) in [6.07, 6.45) is 6.48. The fourth-order valence-electron chi connectivity index (χ4n) is 3.99. The van der Waals surface area contributed by atoms with Gasteiger partial charge in [0.25, 0.3) is 0 Å². The monoisotopic (exact) mass is 433 g/mol. The first-order chi connectivity index (χ1) is 15.6. The molecule has 32 heavy (non-hydrogen) atoms. The maximum absolute atomic E-state index is 13.1. The molecule has 3 aromatic heterocycles. The van der Waals surface area contributed by atoms with E-state index in [0.29, 0.717) is 37.6 Å². The molecule has 5 rings (SSSR count). The van der Waals surface area contributed by atoms with Gasteiger partial charge in [0.1, 0.15) is 11.5 Å². The lowest BCUT2D eigenvalue weighted by Gasteiger charge is -2.34. The van der Waals surface area contributed by atoms with E-state index in [2.05, 4.69) is 21.1 Å². The van der Waals surface area contributed by atoms with E-state index in [4.69, 9.17) is 4.42 Å². The van der Waals surface area contributed by atoms with Crippen molar-refractivity contribution in [2.24, 2.45) is 0 Å². The van der Waals surface area contributed by atoms with Crippen LogP contribution in [0.15, 0.2) is 65.5 Å². The molecule has 1 amide bonds. The minimum atomic E-state index is -0.294. The Morgan fingerprint density at radius 3 is 2.66 bits per heavy atom. The summed E-state index contributed by atoms with van der Waals surface area (Å²) in [5.41, 5.74) is 2.75. The molecular formula is C24H24FN5O2. The number of aromatic nitrogens is 3. The third-order valence-electron chi connectivity index (χ3n) is 5.76. The lowest BCUT2D eigenvalue weighted by molar-refractivity contribution is -0.133. The van der Waals surface area contributed by atoms with E-state index in [1.54, 1.807) is 18.3 Å². The maximum Gasteiger partial charge on any atom is 0.223 e. The molecule has 1 fully saturated rings. The highest BCUT2D eigenvalue weighted by molar-refractivity contribution is 5.76. The number of halogens is 1. The first kappa shape index (κ1) is 20.4. The van der Waals surface area contributed by atoms with Gasteiger partial charge in [-0.05, 0) is 36.4 Å². The summed E-state index contributed by atoms with van der Waals surface area (Å²) < 4.78 is 20.8. The lowest BCUT2D eigenvalue weighted by Crippen LogP contribution is -2.48. The Morgan fingerprint density at radius 2 is 1.88 bits per heavy atom. The predicted octanol–water partition coefficient (Wildman–Crippen LogP) is 3.41. The molecule has 8 heteroatoms. The van der Waals surface area contributed by atoms with Crippen molar-refractivity contribution >= 4 is 11.6 Å². The van der Waals surface area contributed by atoms with Gasteiger partial charge in [0.05, 0.1) is 11.9 Å². The highest BCUT2D eigenvalue weighted by Gasteiger charge is 2.22. The summed E-state index contributed by atoms with van der Waals surface area (Å²) >= 11 is 0. The number of hydrogen-bond acceptors (Lipinski definition) is 5. The van der Waals surface area contributed by atoms with Crippen molar-refractivity contribution in [2.75, 3.05) is 26.2 Å². The number of fused-ring (bicyclic) bond motifs is 1. The zero-order valence-electron chi connectivity index (χ0n) is 17.7. The number of benzene rings is 1. The van der Waals surface area contributed by atoms with E-state index in [1.165, 1.54) is 12.1 Å². The number of hydrogen-bond donors (Lipinski definition) is 0. The molecule has 0 N–H and O–H groups in total. The SMILES string of the molecule is O=C(CCc1ncc(-c2ccc(F)cc2)o1)N1CCN(Cc2cn3ccccc3n2)CC1. The summed E-state index contributed by atoms with van der Waals surface area (Å²) in [7, 11) is 0. The molecule has 0 spiro atoms. The number of amides is 1. The zero-order chi connectivity index (χ0) is 21.9. The molecule has 1 aliphatic heterocycles. The van der Waals surface area contributed by atoms with Gasteiger partial charge in [-0.25, -0.2) is 14.4 Å². The number of oxazole rings is 1. The van der Waals surface area contributed by atoms with Crippen molar-refractivity contribution < 1.29 is 13.6 Å². The second-order valence-corrected chi connectivity index (χ2v) is 7.98. The van der Waals surface area contributed by atoms with Crippen LogP contribution in [0.3, 0.4) is 0 Å². The molecule has 164 valence electrons. The van der Waals surface area contributed by atoms with Crippen LogP contribution in [0.5, 0.6) is 0 Å². The molecule has 4 heterocycles. The van der Waals surface area contributed by atoms with Crippen molar-refractivity contribution in [3.05, 3.63) is 78.5 Å². The molecule has 1 saturated heterocycles. The van der Waals surface area contributed by atoms with E-state index >= 15 is 0 Å². The van der Waals surface area contributed by atoms with Gasteiger partial charge in [-0.2, -0.15) is 0 Å². The van der Waals surface area contributed by atoms with Crippen LogP contribution < -0.4 is 0 Å². The van der Waals surface area contributed by atoms with Gasteiger partial charge in [0, 0.05) is 63.5 Å². The van der Waals surface area contributed by atoms with Crippen molar-refractivity contribution in [3.8, 4) is 11.3 Å². The van der Waals surface area contributed by atoms with Crippen molar-refractivity contribution in [1.82, 2.24) is 24.2 Å². The summed E-state index contributed by atoms with van der Waals surface area (Å²) in [4.78, 5) is 25.8. The van der Waals surface area contributed by atoms with E-state index in [0.717, 1.165) is 36.5 Å². The lowest BCUT2D eigenvalue weighted by atomic mass is 10.2. The largest absolute Gasteiger partial charge is 0.441 e. The van der Waals surface area contributed by atoms with E-state index in [1.807, 2.05) is 33.7 Å². The standard InChI is InChI=1S/C24H24FN5O2/c25-19-6-4-18(5-7-19)21-15-26-23(32-21)8-9-24(31)29-13-11-28(12-14-29)16-20-17-30-10-2-1-3-22(30)27-20/h1-7,10,15,17H,8-9,11-14,16H2. The Hall–Kier alpha value is -3.52. The first-order valence-corrected chi connectivity index (χ1v) is 10.8. The van der Waals surface area contributed by atoms with Gasteiger partial charge in [-0.1, -0.05) is 6.07 Å². The second-order valence-electron chi connectivity index (χ2n) is 7.98. The Bertz CT molecular complexity index is 1180. The normalized spacial score (nSPS) is 14.8. The molecule has 1 aliphatic rings. The molecule has 0 saturated carbocycles. The Kier molecular flexibility index (Phi) is 5.68. The fraction of sp³-hybridized carbons (Fsp3) is 0.292. The number of carbonyl (C=O) groups is 1. The topological polar surface area (TPSA) is 66.9 Å². The maximum atomic E-state index is 13.1. The van der Waals surface area contributed by atoms with Crippen LogP contribution in [-0.4, -0.2) is 56.3 Å². The molecule has 0 atom stereocenters. The third-order valence-corrected chi connectivity index (χ3v) is 5.76. The summed E-state index contributed by atoms with van der Waals surface area (Å²) in [5, 5.41) is 0. The number of nitrogens with zero attached hydrogens (tertiary/aromatic N) is 5. The average Bonchev–Trinajstić information content (AvgIpc) is 3.45. The minimum Gasteiger partial charge on any atom is -0.441 e. The minimum absolute atomic E-state index is 0.110. The fourth-order valence-corrected chi connectivity index (χ4v) is 3.99. The Morgan fingerprint density at radius 1 is 1.06 bits per heavy atom. The summed E-state index contributed by atoms with van der Waals surface area (Å²) in [5.74, 6) is 0.910. The van der Waals surface area contributed by atoms with E-state index in [-0.39, 0.29) is 11.7 Å². The van der Waals surface area contributed by atoms with Gasteiger partial charge in [0.15, 0.2) is 11.7 Å². The van der Waals surface area contributed by atoms with E-state index in [9.17, 15) is 9.18 Å². The van der Waals surface area contributed by atoms with E-state index < -0.39 is 0 Å². The highest BCUT2D eigenvalue weighted by atomic mass is 19.1. The van der Waals surface area contributed by atoms with Gasteiger partial charge in [-0.15, -0.1) is 0 Å². The quantitative estimate of drug-likeness (QED) is 0.466. The van der Waals surface area contributed by atoms with Crippen LogP contribution in [0.25, 0.3) is 17.0 Å². The van der Waals surface area contributed by atoms with Crippen molar-refractivity contribution in [1.29, 1.82) is 0 Å². The van der Waals surface area contributed by atoms with Crippen molar-refractivity contribution in [3.63, 3.8) is 0 Å². The van der Waals surface area contributed by atoms with Gasteiger partial charge < -0.3 is 13.7 Å². The summed E-state index contributed by atoms with van der Waals surface area (Å²) in [6.45, 7) is 3.85. The number of pyridine rings is 1. The Balaban J connectivity index is 1.10. The van der Waals surface area contributed by atoms with Crippen LogP contribution in [0.4, 0.5) is 4.39 Å². The second kappa shape index (κ2) is 8.92. The molecule has 4 aromatic rings. The predicted molar refractivity (Wildman–Crippen MR) is 117 cm³/mol. The van der Waals surface area contributed by atoms with Gasteiger partial charge in [0.2, 0.25) is 5.91 Å². The molecule has 0 aliphatic carbocycles. The van der Waals surface area contributed by atoms with Crippen LogP contribution in [0.1, 0.15) is 18.0 Å². The number of rotatable bonds is 6. The number of piperazine rings is 1. The van der Waals surface area contributed by atoms with Crippen LogP contribution in [-0.2, 0) is 17.8 Å². The molecule has 0 unspecified atom stereocenters. The third kappa shape index (κ3) is 4.55. The van der Waals surface area contributed by atoms with Gasteiger partial charge >= 0.3 is 0 Å². The smallest absolute Gasteiger partial charge is 0.223 e. The average molecular weight is 433 g/mol. The van der Waals surface area contributed by atoms with Gasteiger partial charge in [-0.3, -0.25) is 9.69 Å². The highest BCUT2D eigenvalue weighted by Crippen LogP contribution is 2.21. The number of carbonyl (C=O) groups excluding carboxylic acids is 1. The zero-order valence-corrected chi connectivity index (χ0v) is 17.7. The molecule has 0 radical (unpaired) electrons. The Labute approximate surface area is 185 Å².